The van der Waals surface area contributed by atoms with E-state index in [9.17, 15) is 14.7 Å². The number of aromatic hydroxyl groups is 1. The van der Waals surface area contributed by atoms with E-state index < -0.39 is 0 Å². The fraction of sp³-hybridized carbons (Fsp3) is 0.154. The number of H-pyrrole nitrogens is 1. The van der Waals surface area contributed by atoms with Crippen LogP contribution in [0.2, 0.25) is 0 Å². The normalized spacial score (nSPS) is 13.2. The maximum absolute atomic E-state index is 12.7. The van der Waals surface area contributed by atoms with E-state index in [1.54, 1.807) is 0 Å². The summed E-state index contributed by atoms with van der Waals surface area (Å²) in [5.41, 5.74) is 6.46. The van der Waals surface area contributed by atoms with Crippen LogP contribution in [0.4, 0.5) is 5.69 Å². The van der Waals surface area contributed by atoms with Crippen LogP contribution >= 0.6 is 11.3 Å². The van der Waals surface area contributed by atoms with E-state index in [1.165, 1.54) is 5.56 Å². The number of fused-ring (bicyclic) bond motifs is 1. The Morgan fingerprint density at radius 3 is 2.31 bits per heavy atom. The average molecular weight is 443 g/mol. The van der Waals surface area contributed by atoms with Crippen LogP contribution in [0.1, 0.15) is 28.0 Å². The minimum Gasteiger partial charge on any atom is -0.494 e. The number of aryl methyl sites for hydroxylation is 1. The third kappa shape index (κ3) is 4.09. The number of aromatic nitrogens is 1. The second kappa shape index (κ2) is 8.48. The highest BCUT2D eigenvalue weighted by Crippen LogP contribution is 2.32. The molecular formula is C26H22N2O3S. The molecule has 0 spiro atoms. The zero-order chi connectivity index (χ0) is 22.1. The Balaban J connectivity index is 1.37. The number of hydrogen-bond acceptors (Lipinski definition) is 4. The summed E-state index contributed by atoms with van der Waals surface area (Å²) in [4.78, 5) is 28.8. The van der Waals surface area contributed by atoms with E-state index in [4.69, 9.17) is 0 Å². The fourth-order valence-corrected chi connectivity index (χ4v) is 4.93. The first-order valence-electron chi connectivity index (χ1n) is 10.5. The van der Waals surface area contributed by atoms with E-state index in [-0.39, 0.29) is 16.7 Å². The summed E-state index contributed by atoms with van der Waals surface area (Å²) < 4.78 is 0. The molecule has 0 aliphatic carbocycles. The van der Waals surface area contributed by atoms with Crippen LogP contribution in [-0.2, 0) is 24.2 Å². The SMILES string of the molecule is O=C1CCc2cc(Cc3sc(=O)[nH]c3O)ccc2N1Cc1ccc(-c2ccccc2)cc1. The first-order valence-corrected chi connectivity index (χ1v) is 11.4. The predicted octanol–water partition coefficient (Wildman–Crippen LogP) is 4.88. The lowest BCUT2D eigenvalue weighted by atomic mass is 9.96. The molecule has 5 nitrogen and oxygen atoms in total. The zero-order valence-electron chi connectivity index (χ0n) is 17.4. The van der Waals surface area contributed by atoms with Crippen LogP contribution in [0, 0.1) is 0 Å². The average Bonchev–Trinajstić information content (AvgIpc) is 3.13. The number of thiazole rings is 1. The fourth-order valence-electron chi connectivity index (χ4n) is 4.17. The van der Waals surface area contributed by atoms with Gasteiger partial charge in [-0.25, -0.2) is 0 Å². The molecule has 0 atom stereocenters. The second-order valence-electron chi connectivity index (χ2n) is 7.97. The molecule has 4 aromatic rings. The lowest BCUT2D eigenvalue weighted by Gasteiger charge is -2.30. The van der Waals surface area contributed by atoms with Crippen molar-refractivity contribution >= 4 is 22.9 Å². The summed E-state index contributed by atoms with van der Waals surface area (Å²) in [5, 5.41) is 9.87. The Labute approximate surface area is 189 Å². The van der Waals surface area contributed by atoms with E-state index in [0.717, 1.165) is 39.3 Å². The molecular weight excluding hydrogens is 420 g/mol. The maximum atomic E-state index is 12.7. The summed E-state index contributed by atoms with van der Waals surface area (Å²) in [6.07, 6.45) is 1.65. The van der Waals surface area contributed by atoms with Gasteiger partial charge in [-0.15, -0.1) is 0 Å². The van der Waals surface area contributed by atoms with Gasteiger partial charge in [-0.05, 0) is 40.3 Å². The van der Waals surface area contributed by atoms with Gasteiger partial charge >= 0.3 is 4.87 Å². The first kappa shape index (κ1) is 20.3. The Bertz CT molecular complexity index is 1320. The van der Waals surface area contributed by atoms with Crippen LogP contribution < -0.4 is 9.77 Å². The molecule has 0 radical (unpaired) electrons. The van der Waals surface area contributed by atoms with E-state index in [2.05, 4.69) is 47.4 Å². The van der Waals surface area contributed by atoms with Crippen LogP contribution in [-0.4, -0.2) is 16.0 Å². The molecule has 6 heteroatoms. The third-order valence-corrected chi connectivity index (χ3v) is 6.68. The second-order valence-corrected chi connectivity index (χ2v) is 9.04. The molecule has 1 amide bonds. The van der Waals surface area contributed by atoms with E-state index in [0.29, 0.717) is 30.7 Å². The molecule has 5 rings (SSSR count). The Morgan fingerprint density at radius 1 is 0.875 bits per heavy atom. The van der Waals surface area contributed by atoms with Gasteiger partial charge in [0.15, 0.2) is 0 Å². The Hall–Kier alpha value is -3.64. The van der Waals surface area contributed by atoms with Gasteiger partial charge in [0, 0.05) is 18.5 Å². The molecule has 32 heavy (non-hydrogen) atoms. The highest BCUT2D eigenvalue weighted by atomic mass is 32.1. The summed E-state index contributed by atoms with van der Waals surface area (Å²) in [7, 11) is 0. The molecule has 1 aromatic heterocycles. The molecule has 0 bridgehead atoms. The van der Waals surface area contributed by atoms with Crippen molar-refractivity contribution in [3.8, 4) is 17.0 Å². The number of rotatable bonds is 5. The molecule has 0 fully saturated rings. The summed E-state index contributed by atoms with van der Waals surface area (Å²) >= 11 is 1.02. The molecule has 2 N–H and O–H groups in total. The number of carbonyl (C=O) groups is 1. The molecule has 1 aliphatic heterocycles. The number of anilines is 1. The molecule has 3 aromatic carbocycles. The number of nitrogens with zero attached hydrogens (tertiary/aromatic N) is 1. The topological polar surface area (TPSA) is 73.4 Å². The van der Waals surface area contributed by atoms with Gasteiger partial charge in [-0.2, -0.15) is 0 Å². The standard InChI is InChI=1S/C26H22N2O3S/c29-24-13-11-21-14-18(15-23-25(30)27-26(31)32-23)8-12-22(21)28(24)16-17-6-9-20(10-7-17)19-4-2-1-3-5-19/h1-10,12,14,30H,11,13,15-16H2,(H,27,31). The van der Waals surface area contributed by atoms with Gasteiger partial charge in [0.25, 0.3) is 0 Å². The van der Waals surface area contributed by atoms with Crippen LogP contribution in [0.5, 0.6) is 5.88 Å². The van der Waals surface area contributed by atoms with Crippen molar-refractivity contribution in [1.82, 2.24) is 4.98 Å². The van der Waals surface area contributed by atoms with Crippen molar-refractivity contribution in [1.29, 1.82) is 0 Å². The number of carbonyl (C=O) groups excluding carboxylic acids is 1. The first-order chi connectivity index (χ1) is 15.6. The molecule has 0 saturated carbocycles. The monoisotopic (exact) mass is 442 g/mol. The number of aromatic amines is 1. The van der Waals surface area contributed by atoms with Crippen LogP contribution in [0.3, 0.4) is 0 Å². The van der Waals surface area contributed by atoms with Crippen molar-refractivity contribution in [2.75, 3.05) is 4.90 Å². The lowest BCUT2D eigenvalue weighted by Crippen LogP contribution is -2.34. The number of amides is 1. The quantitative estimate of drug-likeness (QED) is 0.463. The van der Waals surface area contributed by atoms with Crippen molar-refractivity contribution in [3.63, 3.8) is 0 Å². The maximum Gasteiger partial charge on any atom is 0.307 e. The summed E-state index contributed by atoms with van der Waals surface area (Å²) in [5.74, 6) is 0.0624. The highest BCUT2D eigenvalue weighted by molar-refractivity contribution is 7.09. The third-order valence-electron chi connectivity index (χ3n) is 5.81. The van der Waals surface area contributed by atoms with Gasteiger partial charge in [0.1, 0.15) is 0 Å². The van der Waals surface area contributed by atoms with Crippen molar-refractivity contribution in [2.45, 2.75) is 25.8 Å². The van der Waals surface area contributed by atoms with Gasteiger partial charge in [-0.3, -0.25) is 14.6 Å². The molecule has 0 saturated heterocycles. The Kier molecular flexibility index (Phi) is 5.37. The molecule has 0 unspecified atom stereocenters. The summed E-state index contributed by atoms with van der Waals surface area (Å²) in [6, 6.07) is 24.6. The minimum absolute atomic E-state index is 0.0616. The van der Waals surface area contributed by atoms with E-state index >= 15 is 0 Å². The zero-order valence-corrected chi connectivity index (χ0v) is 18.2. The van der Waals surface area contributed by atoms with Crippen LogP contribution in [0.15, 0.2) is 77.6 Å². The Morgan fingerprint density at radius 2 is 1.59 bits per heavy atom. The largest absolute Gasteiger partial charge is 0.494 e. The van der Waals surface area contributed by atoms with Gasteiger partial charge < -0.3 is 10.0 Å². The van der Waals surface area contributed by atoms with Crippen molar-refractivity contribution in [2.24, 2.45) is 0 Å². The number of benzene rings is 3. The van der Waals surface area contributed by atoms with Gasteiger partial charge in [0.05, 0.1) is 11.4 Å². The number of nitrogens with one attached hydrogen (secondary N) is 1. The smallest absolute Gasteiger partial charge is 0.307 e. The molecule has 160 valence electrons. The minimum atomic E-state index is -0.259. The van der Waals surface area contributed by atoms with Gasteiger partial charge in [0.2, 0.25) is 11.8 Å². The van der Waals surface area contributed by atoms with Crippen molar-refractivity contribution in [3.05, 3.63) is 104 Å². The predicted molar refractivity (Wildman–Crippen MR) is 127 cm³/mol. The molecule has 1 aliphatic rings. The molecule has 2 heterocycles. The number of hydrogen-bond donors (Lipinski definition) is 2. The van der Waals surface area contributed by atoms with Crippen molar-refractivity contribution < 1.29 is 9.90 Å². The lowest BCUT2D eigenvalue weighted by molar-refractivity contribution is -0.119. The van der Waals surface area contributed by atoms with E-state index in [1.807, 2.05) is 35.2 Å². The van der Waals surface area contributed by atoms with Gasteiger partial charge in [-0.1, -0.05) is 78.1 Å². The highest BCUT2D eigenvalue weighted by Gasteiger charge is 2.24. The summed E-state index contributed by atoms with van der Waals surface area (Å²) in [6.45, 7) is 0.528. The van der Waals surface area contributed by atoms with Crippen LogP contribution in [0.25, 0.3) is 11.1 Å².